The summed E-state index contributed by atoms with van der Waals surface area (Å²) in [4.78, 5) is 11.6. The highest BCUT2D eigenvalue weighted by molar-refractivity contribution is 8.25. The Bertz CT molecular complexity index is 401. The van der Waals surface area contributed by atoms with Crippen LogP contribution >= 0.6 is 23.5 Å². The number of carbonyl (C=O) groups is 1. The van der Waals surface area contributed by atoms with Gasteiger partial charge in [0, 0.05) is 15.7 Å². The van der Waals surface area contributed by atoms with Crippen LogP contribution in [0.3, 0.4) is 0 Å². The molecule has 0 radical (unpaired) electrons. The molecule has 86 valence electrons. The second-order valence-electron chi connectivity index (χ2n) is 3.37. The van der Waals surface area contributed by atoms with E-state index in [1.807, 2.05) is 0 Å². The van der Waals surface area contributed by atoms with Crippen LogP contribution in [0.1, 0.15) is 18.8 Å². The fourth-order valence-electron chi connectivity index (χ4n) is 1.50. The standard InChI is InChI=1S/C11H12O3S2/c1-7(12)9(11-15-5-6-16-11)10(13)8-3-2-4-14-8/h2-4,10,13H,5-6H2,1H3. The summed E-state index contributed by atoms with van der Waals surface area (Å²) in [6.45, 7) is 1.48. The van der Waals surface area contributed by atoms with Crippen LogP contribution in [0.5, 0.6) is 0 Å². The lowest BCUT2D eigenvalue weighted by atomic mass is 10.1. The lowest BCUT2D eigenvalue weighted by Gasteiger charge is -2.12. The number of carbonyl (C=O) groups excluding carboxylic acids is 1. The fraction of sp³-hybridized carbons (Fsp3) is 0.364. The topological polar surface area (TPSA) is 50.4 Å². The first-order valence-electron chi connectivity index (χ1n) is 4.92. The summed E-state index contributed by atoms with van der Waals surface area (Å²) >= 11 is 3.25. The van der Waals surface area contributed by atoms with Crippen LogP contribution < -0.4 is 0 Å². The summed E-state index contributed by atoms with van der Waals surface area (Å²) in [6.07, 6.45) is 0.552. The van der Waals surface area contributed by atoms with Crippen LogP contribution in [0, 0.1) is 0 Å². The van der Waals surface area contributed by atoms with Crippen molar-refractivity contribution in [1.82, 2.24) is 0 Å². The number of ketones is 1. The minimum Gasteiger partial charge on any atom is -0.466 e. The molecule has 0 aromatic carbocycles. The van der Waals surface area contributed by atoms with Gasteiger partial charge in [0.15, 0.2) is 5.78 Å². The molecule has 1 N–H and O–H groups in total. The van der Waals surface area contributed by atoms with Gasteiger partial charge in [0.25, 0.3) is 0 Å². The Morgan fingerprint density at radius 1 is 1.50 bits per heavy atom. The molecule has 1 saturated heterocycles. The van der Waals surface area contributed by atoms with Crippen molar-refractivity contribution in [3.63, 3.8) is 0 Å². The van der Waals surface area contributed by atoms with E-state index >= 15 is 0 Å². The lowest BCUT2D eigenvalue weighted by Crippen LogP contribution is -2.09. The van der Waals surface area contributed by atoms with Crippen molar-refractivity contribution in [2.45, 2.75) is 13.0 Å². The zero-order valence-electron chi connectivity index (χ0n) is 8.80. The number of aliphatic hydroxyl groups is 1. The molecule has 1 aliphatic heterocycles. The van der Waals surface area contributed by atoms with Gasteiger partial charge in [0.1, 0.15) is 11.9 Å². The van der Waals surface area contributed by atoms with Gasteiger partial charge in [-0.3, -0.25) is 4.79 Å². The van der Waals surface area contributed by atoms with E-state index < -0.39 is 6.10 Å². The predicted octanol–water partition coefficient (Wildman–Crippen LogP) is 2.59. The molecule has 16 heavy (non-hydrogen) atoms. The molecule has 1 atom stereocenters. The molecule has 1 fully saturated rings. The third-order valence-electron chi connectivity index (χ3n) is 2.23. The highest BCUT2D eigenvalue weighted by Gasteiger charge is 2.26. The van der Waals surface area contributed by atoms with Gasteiger partial charge in [0.05, 0.1) is 11.8 Å². The second-order valence-corrected chi connectivity index (χ2v) is 5.84. The summed E-state index contributed by atoms with van der Waals surface area (Å²) in [7, 11) is 0. The Morgan fingerprint density at radius 3 is 2.69 bits per heavy atom. The van der Waals surface area contributed by atoms with E-state index in [0.29, 0.717) is 11.3 Å². The van der Waals surface area contributed by atoms with E-state index in [9.17, 15) is 9.90 Å². The Kier molecular flexibility index (Phi) is 3.78. The number of thioether (sulfide) groups is 2. The van der Waals surface area contributed by atoms with Crippen LogP contribution in [-0.2, 0) is 4.79 Å². The molecule has 1 aromatic rings. The summed E-state index contributed by atoms with van der Waals surface area (Å²) in [5.74, 6) is 2.30. The number of furan rings is 1. The molecular weight excluding hydrogens is 244 g/mol. The fourth-order valence-corrected chi connectivity index (χ4v) is 4.20. The van der Waals surface area contributed by atoms with Crippen molar-refractivity contribution in [3.05, 3.63) is 34.0 Å². The van der Waals surface area contributed by atoms with Crippen molar-refractivity contribution in [3.8, 4) is 0 Å². The van der Waals surface area contributed by atoms with Crippen LogP contribution in [0.4, 0.5) is 0 Å². The van der Waals surface area contributed by atoms with Gasteiger partial charge < -0.3 is 9.52 Å². The van der Waals surface area contributed by atoms with Gasteiger partial charge in [0.2, 0.25) is 0 Å². The van der Waals surface area contributed by atoms with Gasteiger partial charge in [-0.25, -0.2) is 0 Å². The minimum atomic E-state index is -0.944. The molecule has 0 saturated carbocycles. The Hall–Kier alpha value is -0.650. The smallest absolute Gasteiger partial charge is 0.160 e. The van der Waals surface area contributed by atoms with Crippen molar-refractivity contribution in [1.29, 1.82) is 0 Å². The minimum absolute atomic E-state index is 0.0965. The third-order valence-corrected chi connectivity index (χ3v) is 4.98. The first kappa shape index (κ1) is 11.8. The second kappa shape index (κ2) is 5.12. The van der Waals surface area contributed by atoms with E-state index in [1.54, 1.807) is 35.7 Å². The summed E-state index contributed by atoms with van der Waals surface area (Å²) in [5, 5.41) is 10.1. The number of rotatable bonds is 3. The molecule has 0 bridgehead atoms. The van der Waals surface area contributed by atoms with Crippen LogP contribution in [0.2, 0.25) is 0 Å². The molecule has 5 heteroatoms. The third kappa shape index (κ3) is 2.36. The molecule has 0 spiro atoms. The molecule has 0 amide bonds. The molecule has 1 aromatic heterocycles. The number of aliphatic hydroxyl groups excluding tert-OH is 1. The zero-order chi connectivity index (χ0) is 11.5. The first-order chi connectivity index (χ1) is 7.70. The van der Waals surface area contributed by atoms with E-state index in [4.69, 9.17) is 4.42 Å². The van der Waals surface area contributed by atoms with Crippen LogP contribution in [0.25, 0.3) is 0 Å². The molecule has 3 nitrogen and oxygen atoms in total. The van der Waals surface area contributed by atoms with Gasteiger partial charge in [-0.1, -0.05) is 0 Å². The zero-order valence-corrected chi connectivity index (χ0v) is 10.4. The summed E-state index contributed by atoms with van der Waals surface area (Å²) in [5.41, 5.74) is 0.461. The highest BCUT2D eigenvalue weighted by atomic mass is 32.2. The van der Waals surface area contributed by atoms with Gasteiger partial charge in [-0.15, -0.1) is 23.5 Å². The number of hydrogen-bond acceptors (Lipinski definition) is 5. The van der Waals surface area contributed by atoms with Gasteiger partial charge in [-0.05, 0) is 19.1 Å². The maximum atomic E-state index is 11.6. The van der Waals surface area contributed by atoms with Crippen molar-refractivity contribution >= 4 is 29.3 Å². The quantitative estimate of drug-likeness (QED) is 0.842. The van der Waals surface area contributed by atoms with Gasteiger partial charge >= 0.3 is 0 Å². The molecular formula is C11H12O3S2. The summed E-state index contributed by atoms with van der Waals surface area (Å²) in [6, 6.07) is 3.38. The van der Waals surface area contributed by atoms with E-state index in [-0.39, 0.29) is 5.78 Å². The Labute approximate surface area is 102 Å². The normalized spacial score (nSPS) is 17.5. The average Bonchev–Trinajstić information content (AvgIpc) is 2.89. The van der Waals surface area contributed by atoms with Gasteiger partial charge in [-0.2, -0.15) is 0 Å². The molecule has 2 rings (SSSR count). The van der Waals surface area contributed by atoms with E-state index in [2.05, 4.69) is 0 Å². The summed E-state index contributed by atoms with van der Waals surface area (Å²) < 4.78 is 6.06. The maximum absolute atomic E-state index is 11.6. The average molecular weight is 256 g/mol. The van der Waals surface area contributed by atoms with Crippen molar-refractivity contribution in [2.75, 3.05) is 11.5 Å². The monoisotopic (exact) mass is 256 g/mol. The van der Waals surface area contributed by atoms with Crippen LogP contribution in [-0.4, -0.2) is 22.4 Å². The highest BCUT2D eigenvalue weighted by Crippen LogP contribution is 2.42. The van der Waals surface area contributed by atoms with E-state index in [0.717, 1.165) is 15.7 Å². The number of hydrogen-bond donors (Lipinski definition) is 1. The molecule has 1 unspecified atom stereocenters. The molecule has 2 heterocycles. The van der Waals surface area contributed by atoms with E-state index in [1.165, 1.54) is 13.2 Å². The molecule has 0 aliphatic carbocycles. The largest absolute Gasteiger partial charge is 0.466 e. The molecule has 1 aliphatic rings. The van der Waals surface area contributed by atoms with Crippen LogP contribution in [0.15, 0.2) is 32.6 Å². The predicted molar refractivity (Wildman–Crippen MR) is 66.3 cm³/mol. The number of Topliss-reactive ketones (excluding diaryl/α,β-unsaturated/α-hetero) is 1. The van der Waals surface area contributed by atoms with Crippen molar-refractivity contribution < 1.29 is 14.3 Å². The Morgan fingerprint density at radius 2 is 2.19 bits per heavy atom. The van der Waals surface area contributed by atoms with Crippen molar-refractivity contribution in [2.24, 2.45) is 0 Å². The lowest BCUT2D eigenvalue weighted by molar-refractivity contribution is -0.114. The first-order valence-corrected chi connectivity index (χ1v) is 6.89. The maximum Gasteiger partial charge on any atom is 0.160 e. The Balaban J connectivity index is 2.33. The SMILES string of the molecule is CC(=O)C(=C1SCCS1)C(O)c1ccco1.